The fourth-order valence-corrected chi connectivity index (χ4v) is 2.86. The number of halogens is 2. The molecule has 1 amide bonds. The van der Waals surface area contributed by atoms with Gasteiger partial charge < -0.3 is 15.2 Å². The van der Waals surface area contributed by atoms with Crippen molar-refractivity contribution in [2.24, 2.45) is 5.41 Å². The Morgan fingerprint density at radius 2 is 2.23 bits per heavy atom. The Balaban J connectivity index is 2.19. The maximum absolute atomic E-state index is 13.6. The van der Waals surface area contributed by atoms with Crippen LogP contribution < -0.4 is 5.32 Å². The summed E-state index contributed by atoms with van der Waals surface area (Å²) >= 11 is 0. The molecule has 1 heterocycles. The fourth-order valence-electron chi connectivity index (χ4n) is 2.86. The van der Waals surface area contributed by atoms with Crippen molar-refractivity contribution in [3.63, 3.8) is 0 Å². The van der Waals surface area contributed by atoms with Crippen molar-refractivity contribution in [3.8, 4) is 0 Å². The lowest BCUT2D eigenvalue weighted by Crippen LogP contribution is -2.74. The smallest absolute Gasteiger partial charge is 0.273 e. The molecule has 0 bridgehead atoms. The SMILES string of the molecule is CCOC1CC(CO)(NC(=O)c2ncc(F)cc2F)C1(C)C. The number of aromatic nitrogens is 1. The molecule has 1 aliphatic carbocycles. The number of carbonyl (C=O) groups is 1. The summed E-state index contributed by atoms with van der Waals surface area (Å²) < 4.78 is 32.1. The molecule has 0 aliphatic heterocycles. The Morgan fingerprint density at radius 1 is 1.55 bits per heavy atom. The average molecular weight is 314 g/mol. The van der Waals surface area contributed by atoms with E-state index >= 15 is 0 Å². The molecule has 1 aromatic rings. The lowest BCUT2D eigenvalue weighted by atomic mass is 9.54. The Morgan fingerprint density at radius 3 is 2.73 bits per heavy atom. The minimum Gasteiger partial charge on any atom is -0.394 e. The Hall–Kier alpha value is -1.60. The van der Waals surface area contributed by atoms with E-state index in [0.29, 0.717) is 19.1 Å². The summed E-state index contributed by atoms with van der Waals surface area (Å²) in [5.74, 6) is -2.68. The van der Waals surface area contributed by atoms with Gasteiger partial charge in [0.15, 0.2) is 11.5 Å². The number of nitrogens with zero attached hydrogens (tertiary/aromatic N) is 1. The van der Waals surface area contributed by atoms with Crippen molar-refractivity contribution in [1.29, 1.82) is 0 Å². The van der Waals surface area contributed by atoms with Crippen LogP contribution in [0.5, 0.6) is 0 Å². The summed E-state index contributed by atoms with van der Waals surface area (Å²) in [4.78, 5) is 15.7. The van der Waals surface area contributed by atoms with Gasteiger partial charge in [0.25, 0.3) is 5.91 Å². The second-order valence-corrected chi connectivity index (χ2v) is 6.05. The molecule has 1 aliphatic rings. The number of hydrogen-bond donors (Lipinski definition) is 2. The van der Waals surface area contributed by atoms with Crippen molar-refractivity contribution >= 4 is 5.91 Å². The van der Waals surface area contributed by atoms with Gasteiger partial charge in [-0.3, -0.25) is 4.79 Å². The van der Waals surface area contributed by atoms with Crippen LogP contribution in [0.1, 0.15) is 37.7 Å². The molecule has 2 unspecified atom stereocenters. The molecule has 2 N–H and O–H groups in total. The Labute approximate surface area is 127 Å². The van der Waals surface area contributed by atoms with E-state index in [2.05, 4.69) is 10.3 Å². The molecule has 1 saturated carbocycles. The van der Waals surface area contributed by atoms with E-state index in [9.17, 15) is 18.7 Å². The summed E-state index contributed by atoms with van der Waals surface area (Å²) in [5, 5.41) is 12.4. The van der Waals surface area contributed by atoms with Gasteiger partial charge in [-0.2, -0.15) is 0 Å². The van der Waals surface area contributed by atoms with Gasteiger partial charge in [0.2, 0.25) is 0 Å². The lowest BCUT2D eigenvalue weighted by Gasteiger charge is -2.60. The molecule has 1 fully saturated rings. The van der Waals surface area contributed by atoms with Gasteiger partial charge in [-0.15, -0.1) is 0 Å². The summed E-state index contributed by atoms with van der Waals surface area (Å²) in [6, 6.07) is 0.600. The largest absolute Gasteiger partial charge is 0.394 e. The molecule has 22 heavy (non-hydrogen) atoms. The van der Waals surface area contributed by atoms with Crippen molar-refractivity contribution in [2.75, 3.05) is 13.2 Å². The highest BCUT2D eigenvalue weighted by atomic mass is 19.1. The molecule has 0 aromatic carbocycles. The van der Waals surface area contributed by atoms with Crippen LogP contribution in [0.15, 0.2) is 12.3 Å². The first-order chi connectivity index (χ1) is 10.3. The molecule has 0 spiro atoms. The number of carbonyl (C=O) groups excluding carboxylic acids is 1. The summed E-state index contributed by atoms with van der Waals surface area (Å²) in [6.45, 7) is 5.81. The van der Waals surface area contributed by atoms with E-state index in [0.717, 1.165) is 6.20 Å². The average Bonchev–Trinajstić information content (AvgIpc) is 2.45. The van der Waals surface area contributed by atoms with Crippen LogP contribution in [-0.4, -0.2) is 40.9 Å². The van der Waals surface area contributed by atoms with Gasteiger partial charge >= 0.3 is 0 Å². The van der Waals surface area contributed by atoms with Gasteiger partial charge in [-0.25, -0.2) is 13.8 Å². The molecule has 2 rings (SSSR count). The fraction of sp³-hybridized carbons (Fsp3) is 0.600. The van der Waals surface area contributed by atoms with Gasteiger partial charge in [0.05, 0.1) is 24.4 Å². The highest BCUT2D eigenvalue weighted by molar-refractivity contribution is 5.93. The first-order valence-corrected chi connectivity index (χ1v) is 7.13. The third-order valence-corrected chi connectivity index (χ3v) is 4.59. The third kappa shape index (κ3) is 2.59. The standard InChI is InChI=1S/C15H20F2N2O3/c1-4-22-11-6-15(8-20,14(11,2)3)19-13(21)12-10(17)5-9(16)7-18-12/h5,7,11,20H,4,6,8H2,1-3H3,(H,19,21). The van der Waals surface area contributed by atoms with Crippen LogP contribution >= 0.6 is 0 Å². The maximum atomic E-state index is 13.6. The van der Waals surface area contributed by atoms with E-state index in [4.69, 9.17) is 4.74 Å². The number of amides is 1. The summed E-state index contributed by atoms with van der Waals surface area (Å²) in [7, 11) is 0. The van der Waals surface area contributed by atoms with E-state index in [1.165, 1.54) is 0 Å². The van der Waals surface area contributed by atoms with E-state index in [-0.39, 0.29) is 12.7 Å². The van der Waals surface area contributed by atoms with Gasteiger partial charge in [0.1, 0.15) is 5.82 Å². The Bertz CT molecular complexity index is 580. The van der Waals surface area contributed by atoms with Crippen molar-refractivity contribution in [1.82, 2.24) is 10.3 Å². The molecular formula is C15H20F2N2O3. The van der Waals surface area contributed by atoms with Crippen LogP contribution in [0.25, 0.3) is 0 Å². The van der Waals surface area contributed by atoms with E-state index in [1.807, 2.05) is 20.8 Å². The number of rotatable bonds is 5. The molecule has 0 radical (unpaired) electrons. The normalized spacial score (nSPS) is 26.4. The number of aliphatic hydroxyl groups excluding tert-OH is 1. The van der Waals surface area contributed by atoms with Crippen LogP contribution in [0.4, 0.5) is 8.78 Å². The molecule has 7 heteroatoms. The van der Waals surface area contributed by atoms with Crippen molar-refractivity contribution in [2.45, 2.75) is 38.8 Å². The van der Waals surface area contributed by atoms with Crippen molar-refractivity contribution < 1.29 is 23.4 Å². The van der Waals surface area contributed by atoms with Crippen LogP contribution in [-0.2, 0) is 4.74 Å². The predicted octanol–water partition coefficient (Wildman–Crippen LogP) is 1.66. The quantitative estimate of drug-likeness (QED) is 0.867. The van der Waals surface area contributed by atoms with Crippen LogP contribution in [0.2, 0.25) is 0 Å². The molecule has 122 valence electrons. The van der Waals surface area contributed by atoms with E-state index < -0.39 is 34.2 Å². The second-order valence-electron chi connectivity index (χ2n) is 6.05. The number of hydrogen-bond acceptors (Lipinski definition) is 4. The zero-order valence-electron chi connectivity index (χ0n) is 12.8. The minimum absolute atomic E-state index is 0.115. The molecule has 2 atom stereocenters. The summed E-state index contributed by atoms with van der Waals surface area (Å²) in [6.07, 6.45) is 1.08. The Kier molecular flexibility index (Phi) is 4.49. The first kappa shape index (κ1) is 16.8. The van der Waals surface area contributed by atoms with Crippen LogP contribution in [0.3, 0.4) is 0 Å². The molecule has 0 saturated heterocycles. The zero-order valence-corrected chi connectivity index (χ0v) is 12.8. The number of nitrogens with one attached hydrogen (secondary N) is 1. The monoisotopic (exact) mass is 314 g/mol. The topological polar surface area (TPSA) is 71.5 Å². The van der Waals surface area contributed by atoms with Gasteiger partial charge in [0, 0.05) is 24.5 Å². The van der Waals surface area contributed by atoms with Gasteiger partial charge in [-0.05, 0) is 6.92 Å². The molecular weight excluding hydrogens is 294 g/mol. The van der Waals surface area contributed by atoms with Crippen LogP contribution in [0, 0.1) is 17.0 Å². The number of pyridine rings is 1. The third-order valence-electron chi connectivity index (χ3n) is 4.59. The van der Waals surface area contributed by atoms with Gasteiger partial charge in [-0.1, -0.05) is 13.8 Å². The van der Waals surface area contributed by atoms with Crippen molar-refractivity contribution in [3.05, 3.63) is 29.6 Å². The predicted molar refractivity (Wildman–Crippen MR) is 75.2 cm³/mol. The second kappa shape index (κ2) is 5.89. The molecule has 1 aromatic heterocycles. The zero-order chi connectivity index (χ0) is 16.5. The minimum atomic E-state index is -1.04. The number of aliphatic hydroxyl groups is 1. The number of ether oxygens (including phenoxy) is 1. The van der Waals surface area contributed by atoms with E-state index in [1.54, 1.807) is 0 Å². The first-order valence-electron chi connectivity index (χ1n) is 7.13. The highest BCUT2D eigenvalue weighted by Crippen LogP contribution is 2.51. The lowest BCUT2D eigenvalue weighted by molar-refractivity contribution is -0.172. The highest BCUT2D eigenvalue weighted by Gasteiger charge is 2.61. The maximum Gasteiger partial charge on any atom is 0.273 e. The molecule has 5 nitrogen and oxygen atoms in total. The summed E-state index contributed by atoms with van der Waals surface area (Å²) in [5.41, 5.74) is -1.94.